The van der Waals surface area contributed by atoms with E-state index in [-0.39, 0.29) is 5.91 Å². The summed E-state index contributed by atoms with van der Waals surface area (Å²) < 4.78 is 0. The molecule has 1 aromatic rings. The Bertz CT molecular complexity index is 285. The molecule has 0 bridgehead atoms. The first-order chi connectivity index (χ1) is 7.33. The summed E-state index contributed by atoms with van der Waals surface area (Å²) in [5.74, 6) is 0.0607. The minimum absolute atomic E-state index is 0.0607. The van der Waals surface area contributed by atoms with Crippen LogP contribution in [0.2, 0.25) is 0 Å². The van der Waals surface area contributed by atoms with Gasteiger partial charge in [0.25, 0.3) is 0 Å². The molecule has 0 aliphatic carbocycles. The highest BCUT2D eigenvalue weighted by atomic mass is 16.1. The topological polar surface area (TPSA) is 41.1 Å². The van der Waals surface area contributed by atoms with E-state index in [0.717, 1.165) is 19.4 Å². The number of nitrogens with one attached hydrogen (secondary N) is 2. The molecule has 0 radical (unpaired) electrons. The Labute approximate surface area is 90.9 Å². The summed E-state index contributed by atoms with van der Waals surface area (Å²) in [7, 11) is 1.77. The van der Waals surface area contributed by atoms with Crippen molar-refractivity contribution in [2.75, 3.05) is 20.1 Å². The Kier molecular flexibility index (Phi) is 5.48. The molecule has 3 heteroatoms. The number of carbonyl (C=O) groups excluding carboxylic acids is 1. The van der Waals surface area contributed by atoms with Crippen LogP contribution in [0, 0.1) is 0 Å². The van der Waals surface area contributed by atoms with Gasteiger partial charge in [-0.2, -0.15) is 0 Å². The number of likely N-dealkylation sites (N-methyl/N-ethyl adjacent to an activating group) is 1. The van der Waals surface area contributed by atoms with Gasteiger partial charge in [0.1, 0.15) is 0 Å². The molecule has 1 rings (SSSR count). The summed E-state index contributed by atoms with van der Waals surface area (Å²) in [6.07, 6.45) is 2.00. The van der Waals surface area contributed by atoms with E-state index in [0.29, 0.717) is 6.54 Å². The van der Waals surface area contributed by atoms with E-state index >= 15 is 0 Å². The average Bonchev–Trinajstić information content (AvgIpc) is 2.26. The van der Waals surface area contributed by atoms with Crippen molar-refractivity contribution in [2.24, 2.45) is 0 Å². The highest BCUT2D eigenvalue weighted by molar-refractivity contribution is 5.77. The second kappa shape index (κ2) is 7.01. The van der Waals surface area contributed by atoms with Gasteiger partial charge < -0.3 is 10.6 Å². The second-order valence-corrected chi connectivity index (χ2v) is 3.47. The third-order valence-electron chi connectivity index (χ3n) is 2.14. The van der Waals surface area contributed by atoms with Crippen molar-refractivity contribution in [1.82, 2.24) is 10.6 Å². The van der Waals surface area contributed by atoms with Gasteiger partial charge in [-0.1, -0.05) is 30.3 Å². The van der Waals surface area contributed by atoms with Gasteiger partial charge in [-0.15, -0.1) is 0 Å². The maximum absolute atomic E-state index is 11.1. The lowest BCUT2D eigenvalue weighted by atomic mass is 10.1. The molecule has 0 fully saturated rings. The highest BCUT2D eigenvalue weighted by Crippen LogP contribution is 2.01. The number of hydrogen-bond donors (Lipinski definition) is 2. The fourth-order valence-corrected chi connectivity index (χ4v) is 1.39. The molecular weight excluding hydrogens is 188 g/mol. The quantitative estimate of drug-likeness (QED) is 0.681. The molecule has 15 heavy (non-hydrogen) atoms. The largest absolute Gasteiger partial charge is 0.355 e. The Balaban J connectivity index is 2.10. The smallest absolute Gasteiger partial charge is 0.233 e. The van der Waals surface area contributed by atoms with Crippen LogP contribution in [0.5, 0.6) is 0 Å². The molecule has 0 saturated carbocycles. The molecule has 3 nitrogen and oxygen atoms in total. The maximum Gasteiger partial charge on any atom is 0.233 e. The Hall–Kier alpha value is -1.35. The third kappa shape index (κ3) is 5.18. The molecule has 0 spiro atoms. The summed E-state index contributed by atoms with van der Waals surface area (Å²) in [5, 5.41) is 5.67. The monoisotopic (exact) mass is 206 g/mol. The SMILES string of the molecule is CNCC(=O)NCCCc1ccccc1. The summed E-state index contributed by atoms with van der Waals surface area (Å²) in [4.78, 5) is 11.1. The van der Waals surface area contributed by atoms with Crippen LogP contribution < -0.4 is 10.6 Å². The minimum atomic E-state index is 0.0607. The van der Waals surface area contributed by atoms with Crippen LogP contribution in [-0.2, 0) is 11.2 Å². The Morgan fingerprint density at radius 2 is 2.00 bits per heavy atom. The van der Waals surface area contributed by atoms with Crippen LogP contribution >= 0.6 is 0 Å². The number of rotatable bonds is 6. The Morgan fingerprint density at radius 3 is 2.67 bits per heavy atom. The molecule has 0 aliphatic heterocycles. The lowest BCUT2D eigenvalue weighted by Gasteiger charge is -2.04. The van der Waals surface area contributed by atoms with Crippen LogP contribution in [0.15, 0.2) is 30.3 Å². The third-order valence-corrected chi connectivity index (χ3v) is 2.14. The zero-order valence-corrected chi connectivity index (χ0v) is 9.12. The van der Waals surface area contributed by atoms with Crippen LogP contribution in [0.1, 0.15) is 12.0 Å². The first-order valence-electron chi connectivity index (χ1n) is 5.28. The Morgan fingerprint density at radius 1 is 1.27 bits per heavy atom. The van der Waals surface area contributed by atoms with Crippen LogP contribution in [0.4, 0.5) is 0 Å². The molecule has 82 valence electrons. The van der Waals surface area contributed by atoms with E-state index in [1.54, 1.807) is 7.05 Å². The van der Waals surface area contributed by atoms with E-state index < -0.39 is 0 Å². The predicted octanol–water partition coefficient (Wildman–Crippen LogP) is 0.955. The van der Waals surface area contributed by atoms with Crippen molar-refractivity contribution >= 4 is 5.91 Å². The van der Waals surface area contributed by atoms with Crippen LogP contribution in [-0.4, -0.2) is 26.0 Å². The molecule has 0 saturated heterocycles. The summed E-state index contributed by atoms with van der Waals surface area (Å²) >= 11 is 0. The van der Waals surface area contributed by atoms with E-state index in [4.69, 9.17) is 0 Å². The predicted molar refractivity (Wildman–Crippen MR) is 61.7 cm³/mol. The fourth-order valence-electron chi connectivity index (χ4n) is 1.39. The number of aryl methyl sites for hydroxylation is 1. The maximum atomic E-state index is 11.1. The lowest BCUT2D eigenvalue weighted by Crippen LogP contribution is -2.32. The number of carbonyl (C=O) groups is 1. The second-order valence-electron chi connectivity index (χ2n) is 3.47. The molecule has 0 heterocycles. The molecule has 0 unspecified atom stereocenters. The van der Waals surface area contributed by atoms with Gasteiger partial charge >= 0.3 is 0 Å². The van der Waals surface area contributed by atoms with E-state index in [9.17, 15) is 4.79 Å². The molecule has 0 aromatic heterocycles. The first-order valence-corrected chi connectivity index (χ1v) is 5.28. The van der Waals surface area contributed by atoms with Crippen molar-refractivity contribution in [3.05, 3.63) is 35.9 Å². The number of benzene rings is 1. The van der Waals surface area contributed by atoms with Crippen molar-refractivity contribution in [3.63, 3.8) is 0 Å². The van der Waals surface area contributed by atoms with Crippen LogP contribution in [0.3, 0.4) is 0 Å². The highest BCUT2D eigenvalue weighted by Gasteiger charge is 1.97. The van der Waals surface area contributed by atoms with Gasteiger partial charge in [-0.25, -0.2) is 0 Å². The van der Waals surface area contributed by atoms with E-state index in [1.165, 1.54) is 5.56 Å². The van der Waals surface area contributed by atoms with Gasteiger partial charge in [0.05, 0.1) is 6.54 Å². The van der Waals surface area contributed by atoms with E-state index in [1.807, 2.05) is 18.2 Å². The average molecular weight is 206 g/mol. The summed E-state index contributed by atoms with van der Waals surface area (Å²) in [6.45, 7) is 1.14. The van der Waals surface area contributed by atoms with Gasteiger partial charge in [0.2, 0.25) is 5.91 Å². The van der Waals surface area contributed by atoms with Gasteiger partial charge in [0.15, 0.2) is 0 Å². The zero-order chi connectivity index (χ0) is 10.9. The van der Waals surface area contributed by atoms with Crippen molar-refractivity contribution < 1.29 is 4.79 Å². The molecular formula is C12H18N2O. The molecule has 0 aliphatic rings. The summed E-state index contributed by atoms with van der Waals surface area (Å²) in [6, 6.07) is 10.3. The minimum Gasteiger partial charge on any atom is -0.355 e. The molecule has 1 amide bonds. The molecule has 2 N–H and O–H groups in total. The first kappa shape index (κ1) is 11.7. The van der Waals surface area contributed by atoms with Crippen molar-refractivity contribution in [3.8, 4) is 0 Å². The fraction of sp³-hybridized carbons (Fsp3) is 0.417. The summed E-state index contributed by atoms with van der Waals surface area (Å²) in [5.41, 5.74) is 1.32. The van der Waals surface area contributed by atoms with Crippen molar-refractivity contribution in [1.29, 1.82) is 0 Å². The van der Waals surface area contributed by atoms with Gasteiger partial charge in [-0.3, -0.25) is 4.79 Å². The standard InChI is InChI=1S/C12H18N2O/c1-13-10-12(15)14-9-5-8-11-6-3-2-4-7-11/h2-4,6-7,13H,5,8-10H2,1H3,(H,14,15). The number of hydrogen-bond acceptors (Lipinski definition) is 2. The van der Waals surface area contributed by atoms with Crippen LogP contribution in [0.25, 0.3) is 0 Å². The van der Waals surface area contributed by atoms with Crippen molar-refractivity contribution in [2.45, 2.75) is 12.8 Å². The zero-order valence-electron chi connectivity index (χ0n) is 9.12. The van der Waals surface area contributed by atoms with Gasteiger partial charge in [-0.05, 0) is 25.5 Å². The number of amides is 1. The molecule has 1 aromatic carbocycles. The van der Waals surface area contributed by atoms with Gasteiger partial charge in [0, 0.05) is 6.54 Å². The normalized spacial score (nSPS) is 9.93. The molecule has 0 atom stereocenters. The van der Waals surface area contributed by atoms with E-state index in [2.05, 4.69) is 22.8 Å². The lowest BCUT2D eigenvalue weighted by molar-refractivity contribution is -0.120.